The fourth-order valence-corrected chi connectivity index (χ4v) is 3.75. The molecule has 3 heterocycles. The van der Waals surface area contributed by atoms with Gasteiger partial charge in [-0.15, -0.1) is 0 Å². The SMILES string of the molecule is O=C1CCC(N2C(=O)c3ccc(NCC4CCCN4)cc3C2=O)C(=O)N1. The summed E-state index contributed by atoms with van der Waals surface area (Å²) < 4.78 is 0. The van der Waals surface area contributed by atoms with E-state index in [0.29, 0.717) is 17.2 Å². The molecule has 0 bridgehead atoms. The smallest absolute Gasteiger partial charge is 0.262 e. The highest BCUT2D eigenvalue weighted by Gasteiger charge is 2.44. The number of fused-ring (bicyclic) bond motifs is 1. The van der Waals surface area contributed by atoms with Crippen LogP contribution in [0.4, 0.5) is 5.69 Å². The van der Waals surface area contributed by atoms with Crippen LogP contribution < -0.4 is 16.0 Å². The highest BCUT2D eigenvalue weighted by Crippen LogP contribution is 2.29. The second kappa shape index (κ2) is 6.53. The van der Waals surface area contributed by atoms with E-state index >= 15 is 0 Å². The van der Waals surface area contributed by atoms with E-state index < -0.39 is 23.8 Å². The number of hydrogen-bond acceptors (Lipinski definition) is 6. The van der Waals surface area contributed by atoms with Gasteiger partial charge in [0, 0.05) is 24.7 Å². The third-order valence-corrected chi connectivity index (χ3v) is 5.15. The molecule has 0 radical (unpaired) electrons. The van der Waals surface area contributed by atoms with Crippen LogP contribution in [0.1, 0.15) is 46.4 Å². The third-order valence-electron chi connectivity index (χ3n) is 5.15. The van der Waals surface area contributed by atoms with Crippen LogP contribution in [-0.2, 0) is 9.59 Å². The molecule has 2 fully saturated rings. The summed E-state index contributed by atoms with van der Waals surface area (Å²) in [7, 11) is 0. The quantitative estimate of drug-likeness (QED) is 0.668. The predicted octanol–water partition coefficient (Wildman–Crippen LogP) is 0.252. The molecule has 4 amide bonds. The third kappa shape index (κ3) is 2.86. The molecule has 0 aliphatic carbocycles. The maximum atomic E-state index is 12.7. The van der Waals surface area contributed by atoms with Crippen molar-refractivity contribution in [1.82, 2.24) is 15.5 Å². The van der Waals surface area contributed by atoms with E-state index in [2.05, 4.69) is 16.0 Å². The summed E-state index contributed by atoms with van der Waals surface area (Å²) in [6, 6.07) is 4.52. The maximum Gasteiger partial charge on any atom is 0.262 e. The number of imide groups is 2. The fourth-order valence-electron chi connectivity index (χ4n) is 3.75. The van der Waals surface area contributed by atoms with Crippen molar-refractivity contribution in [2.24, 2.45) is 0 Å². The van der Waals surface area contributed by atoms with Gasteiger partial charge in [-0.2, -0.15) is 0 Å². The summed E-state index contributed by atoms with van der Waals surface area (Å²) in [5, 5.41) is 8.88. The zero-order valence-electron chi connectivity index (χ0n) is 14.2. The number of benzene rings is 1. The number of rotatable bonds is 4. The minimum atomic E-state index is -0.931. The van der Waals surface area contributed by atoms with Gasteiger partial charge in [0.25, 0.3) is 11.8 Å². The topological polar surface area (TPSA) is 108 Å². The summed E-state index contributed by atoms with van der Waals surface area (Å²) >= 11 is 0. The molecule has 0 saturated carbocycles. The average molecular weight is 356 g/mol. The van der Waals surface area contributed by atoms with Crippen LogP contribution in [0, 0.1) is 0 Å². The lowest BCUT2D eigenvalue weighted by Gasteiger charge is -2.27. The second-order valence-corrected chi connectivity index (χ2v) is 6.88. The van der Waals surface area contributed by atoms with E-state index in [1.807, 2.05) is 0 Å². The van der Waals surface area contributed by atoms with Crippen LogP contribution in [0.2, 0.25) is 0 Å². The summed E-state index contributed by atoms with van der Waals surface area (Å²) in [6.45, 7) is 1.77. The first-order valence-corrected chi connectivity index (χ1v) is 8.87. The van der Waals surface area contributed by atoms with Crippen molar-refractivity contribution in [3.05, 3.63) is 29.3 Å². The molecule has 136 valence electrons. The minimum absolute atomic E-state index is 0.116. The fraction of sp³-hybridized carbons (Fsp3) is 0.444. The van der Waals surface area contributed by atoms with E-state index in [4.69, 9.17) is 0 Å². The molecule has 0 spiro atoms. The van der Waals surface area contributed by atoms with Gasteiger partial charge in [0.05, 0.1) is 11.1 Å². The maximum absolute atomic E-state index is 12.7. The molecular formula is C18H20N4O4. The van der Waals surface area contributed by atoms with Gasteiger partial charge < -0.3 is 10.6 Å². The number of amides is 4. The van der Waals surface area contributed by atoms with E-state index in [0.717, 1.165) is 36.5 Å². The minimum Gasteiger partial charge on any atom is -0.383 e. The normalized spacial score (nSPS) is 25.5. The number of nitrogens with zero attached hydrogens (tertiary/aromatic N) is 1. The van der Waals surface area contributed by atoms with Crippen LogP contribution >= 0.6 is 0 Å². The Labute approximate surface area is 150 Å². The average Bonchev–Trinajstić information content (AvgIpc) is 3.22. The lowest BCUT2D eigenvalue weighted by molar-refractivity contribution is -0.136. The summed E-state index contributed by atoms with van der Waals surface area (Å²) in [5.74, 6) is -1.94. The van der Waals surface area contributed by atoms with Crippen molar-refractivity contribution >= 4 is 29.3 Å². The van der Waals surface area contributed by atoms with Gasteiger partial charge in [0.15, 0.2) is 0 Å². The molecule has 8 heteroatoms. The van der Waals surface area contributed by atoms with Crippen molar-refractivity contribution in [2.75, 3.05) is 18.4 Å². The molecule has 1 aromatic carbocycles. The summed E-state index contributed by atoms with van der Waals surface area (Å²) in [5.41, 5.74) is 1.36. The van der Waals surface area contributed by atoms with Gasteiger partial charge in [-0.05, 0) is 44.0 Å². The molecule has 4 rings (SSSR count). The summed E-state index contributed by atoms with van der Waals surface area (Å²) in [6.07, 6.45) is 2.54. The summed E-state index contributed by atoms with van der Waals surface area (Å²) in [4.78, 5) is 49.7. The molecule has 3 aliphatic rings. The van der Waals surface area contributed by atoms with Gasteiger partial charge in [-0.25, -0.2) is 0 Å². The van der Waals surface area contributed by atoms with Crippen molar-refractivity contribution < 1.29 is 19.2 Å². The Morgan fingerprint density at radius 2 is 1.88 bits per heavy atom. The number of carbonyl (C=O) groups is 4. The first-order valence-electron chi connectivity index (χ1n) is 8.87. The number of piperidine rings is 1. The van der Waals surface area contributed by atoms with Gasteiger partial charge in [-0.3, -0.25) is 29.4 Å². The Balaban J connectivity index is 1.52. The van der Waals surface area contributed by atoms with E-state index in [-0.39, 0.29) is 18.7 Å². The number of nitrogens with one attached hydrogen (secondary N) is 3. The Hall–Kier alpha value is -2.74. The lowest BCUT2D eigenvalue weighted by atomic mass is 10.0. The molecule has 2 atom stereocenters. The monoisotopic (exact) mass is 356 g/mol. The highest BCUT2D eigenvalue weighted by atomic mass is 16.2. The second-order valence-electron chi connectivity index (χ2n) is 6.88. The van der Waals surface area contributed by atoms with Gasteiger partial charge >= 0.3 is 0 Å². The van der Waals surface area contributed by atoms with Gasteiger partial charge in [-0.1, -0.05) is 0 Å². The molecule has 8 nitrogen and oxygen atoms in total. The molecule has 1 aromatic rings. The zero-order valence-corrected chi connectivity index (χ0v) is 14.2. The lowest BCUT2D eigenvalue weighted by Crippen LogP contribution is -2.54. The number of carbonyl (C=O) groups excluding carboxylic acids is 4. The van der Waals surface area contributed by atoms with Gasteiger partial charge in [0.1, 0.15) is 6.04 Å². The number of anilines is 1. The molecular weight excluding hydrogens is 336 g/mol. The molecule has 0 aromatic heterocycles. The van der Waals surface area contributed by atoms with Crippen LogP contribution in [-0.4, -0.2) is 53.7 Å². The van der Waals surface area contributed by atoms with Crippen LogP contribution in [0.25, 0.3) is 0 Å². The molecule has 26 heavy (non-hydrogen) atoms. The Kier molecular flexibility index (Phi) is 4.20. The van der Waals surface area contributed by atoms with Crippen LogP contribution in [0.15, 0.2) is 18.2 Å². The highest BCUT2D eigenvalue weighted by molar-refractivity contribution is 6.23. The van der Waals surface area contributed by atoms with Crippen LogP contribution in [0.5, 0.6) is 0 Å². The van der Waals surface area contributed by atoms with Crippen LogP contribution in [0.3, 0.4) is 0 Å². The standard InChI is InChI=1S/C18H20N4O4/c23-15-6-5-14(16(24)21-15)22-17(25)12-4-3-10(8-13(12)18(22)26)20-9-11-2-1-7-19-11/h3-4,8,11,14,19-20H,1-2,5-7,9H2,(H,21,23,24). The van der Waals surface area contributed by atoms with Crippen molar-refractivity contribution in [1.29, 1.82) is 0 Å². The first kappa shape index (κ1) is 16.7. The van der Waals surface area contributed by atoms with E-state index in [1.165, 1.54) is 0 Å². The molecule has 3 N–H and O–H groups in total. The number of hydrogen-bond donors (Lipinski definition) is 3. The predicted molar refractivity (Wildman–Crippen MR) is 92.6 cm³/mol. The van der Waals surface area contributed by atoms with Crippen molar-refractivity contribution in [2.45, 2.75) is 37.8 Å². The first-order chi connectivity index (χ1) is 12.5. The van der Waals surface area contributed by atoms with Crippen molar-refractivity contribution in [3.63, 3.8) is 0 Å². The van der Waals surface area contributed by atoms with E-state index in [9.17, 15) is 19.2 Å². The Morgan fingerprint density at radius 3 is 2.62 bits per heavy atom. The Morgan fingerprint density at radius 1 is 1.08 bits per heavy atom. The largest absolute Gasteiger partial charge is 0.383 e. The van der Waals surface area contributed by atoms with E-state index in [1.54, 1.807) is 18.2 Å². The van der Waals surface area contributed by atoms with Crippen molar-refractivity contribution in [3.8, 4) is 0 Å². The Bertz CT molecular complexity index is 800. The molecule has 2 unspecified atom stereocenters. The molecule has 2 saturated heterocycles. The molecule has 3 aliphatic heterocycles. The van der Waals surface area contributed by atoms with Gasteiger partial charge in [0.2, 0.25) is 11.8 Å². The zero-order chi connectivity index (χ0) is 18.3.